The fraction of sp³-hybridized carbons (Fsp3) is 0.154. The van der Waals surface area contributed by atoms with Crippen LogP contribution in [0.15, 0.2) is 79.0 Å². The van der Waals surface area contributed by atoms with Crippen LogP contribution in [0.2, 0.25) is 0 Å². The summed E-state index contributed by atoms with van der Waals surface area (Å²) in [6.07, 6.45) is 1.78. The second kappa shape index (κ2) is 8.33. The minimum Gasteiger partial charge on any atom is -0.508 e. The third kappa shape index (κ3) is 3.74. The van der Waals surface area contributed by atoms with Gasteiger partial charge in [0, 0.05) is 29.0 Å². The molecule has 2 N–H and O–H groups in total. The van der Waals surface area contributed by atoms with E-state index in [1.165, 1.54) is 12.1 Å². The second-order valence-electron chi connectivity index (χ2n) is 8.15. The molecule has 166 valence electrons. The molecule has 1 aliphatic rings. The Kier molecular flexibility index (Phi) is 5.34. The lowest BCUT2D eigenvalue weighted by Crippen LogP contribution is -2.29. The molecule has 0 radical (unpaired) electrons. The lowest BCUT2D eigenvalue weighted by Gasteiger charge is -2.28. The molecule has 2 atom stereocenters. The van der Waals surface area contributed by atoms with Crippen LogP contribution in [0.4, 0.5) is 10.1 Å². The van der Waals surface area contributed by atoms with Gasteiger partial charge in [-0.2, -0.15) is 0 Å². The zero-order chi connectivity index (χ0) is 23.1. The van der Waals surface area contributed by atoms with E-state index in [9.17, 15) is 9.50 Å². The number of pyridine rings is 1. The molecule has 0 unspecified atom stereocenters. The minimum absolute atomic E-state index is 0.169. The molecule has 0 aliphatic carbocycles. The van der Waals surface area contributed by atoms with Crippen molar-refractivity contribution in [1.29, 1.82) is 0 Å². The summed E-state index contributed by atoms with van der Waals surface area (Å²) in [5, 5.41) is 13.8. The van der Waals surface area contributed by atoms with Crippen molar-refractivity contribution in [2.24, 2.45) is 0 Å². The van der Waals surface area contributed by atoms with Gasteiger partial charge in [0.2, 0.25) is 0 Å². The van der Waals surface area contributed by atoms with Crippen LogP contribution in [0.3, 0.4) is 0 Å². The van der Waals surface area contributed by atoms with Crippen LogP contribution in [-0.4, -0.2) is 19.8 Å². The Balaban J connectivity index is 1.67. The first kappa shape index (κ1) is 21.2. The van der Waals surface area contributed by atoms with Gasteiger partial charge in [-0.05, 0) is 98.4 Å². The van der Waals surface area contributed by atoms with E-state index >= 15 is 0 Å². The zero-order valence-electron chi connectivity index (χ0n) is 18.2. The largest absolute Gasteiger partial charge is 0.508 e. The number of phenolic OH excluding ortho intramolecular Hbond substituents is 1. The highest BCUT2D eigenvalue weighted by atomic mass is 32.1. The number of aromatic hydroxyl groups is 1. The SMILES string of the molecule is Cc1cc([C@H]2[C@H](c3ccccn3)NC(=S)N2c2ccc(O)cc2)c(C)n1-c1ccc(F)cc1. The Morgan fingerprint density at radius 3 is 2.33 bits per heavy atom. The molecule has 5 nitrogen and oxygen atoms in total. The number of phenols is 1. The number of hydrogen-bond acceptors (Lipinski definition) is 3. The van der Waals surface area contributed by atoms with E-state index in [-0.39, 0.29) is 23.7 Å². The molecule has 0 spiro atoms. The number of thiocarbonyl (C=S) groups is 1. The number of benzene rings is 2. The molecule has 3 heterocycles. The highest BCUT2D eigenvalue weighted by Gasteiger charge is 2.42. The molecule has 5 rings (SSSR count). The van der Waals surface area contributed by atoms with E-state index in [0.717, 1.165) is 34.0 Å². The van der Waals surface area contributed by atoms with Crippen LogP contribution in [-0.2, 0) is 0 Å². The summed E-state index contributed by atoms with van der Waals surface area (Å²) in [5.41, 5.74) is 5.83. The summed E-state index contributed by atoms with van der Waals surface area (Å²) in [5.74, 6) is -0.0652. The van der Waals surface area contributed by atoms with E-state index in [2.05, 4.69) is 32.8 Å². The molecule has 2 aromatic heterocycles. The van der Waals surface area contributed by atoms with Gasteiger partial charge < -0.3 is 19.9 Å². The molecule has 1 aliphatic heterocycles. The third-order valence-electron chi connectivity index (χ3n) is 6.10. The number of aromatic nitrogens is 2. The Morgan fingerprint density at radius 2 is 1.67 bits per heavy atom. The molecule has 1 fully saturated rings. The second-order valence-corrected chi connectivity index (χ2v) is 8.54. The molecular weight excluding hydrogens is 435 g/mol. The maximum atomic E-state index is 13.5. The molecular formula is C26H23FN4OS. The summed E-state index contributed by atoms with van der Waals surface area (Å²) >= 11 is 5.78. The summed E-state index contributed by atoms with van der Waals surface area (Å²) in [4.78, 5) is 6.68. The first-order valence-corrected chi connectivity index (χ1v) is 11.1. The van der Waals surface area contributed by atoms with Gasteiger partial charge in [0.1, 0.15) is 11.6 Å². The van der Waals surface area contributed by atoms with Gasteiger partial charge in [0.15, 0.2) is 5.11 Å². The number of hydrogen-bond donors (Lipinski definition) is 2. The highest BCUT2D eigenvalue weighted by Crippen LogP contribution is 2.43. The summed E-state index contributed by atoms with van der Waals surface area (Å²) in [6.45, 7) is 4.11. The third-order valence-corrected chi connectivity index (χ3v) is 6.41. The van der Waals surface area contributed by atoms with Crippen molar-refractivity contribution in [3.8, 4) is 11.4 Å². The number of anilines is 1. The van der Waals surface area contributed by atoms with E-state index in [1.807, 2.05) is 37.3 Å². The van der Waals surface area contributed by atoms with Crippen LogP contribution < -0.4 is 10.2 Å². The van der Waals surface area contributed by atoms with E-state index < -0.39 is 0 Å². The van der Waals surface area contributed by atoms with Gasteiger partial charge in [0.25, 0.3) is 0 Å². The Bertz CT molecular complexity index is 1300. The van der Waals surface area contributed by atoms with E-state index in [1.54, 1.807) is 30.5 Å². The van der Waals surface area contributed by atoms with Crippen LogP contribution >= 0.6 is 12.2 Å². The van der Waals surface area contributed by atoms with Crippen molar-refractivity contribution in [2.45, 2.75) is 25.9 Å². The van der Waals surface area contributed by atoms with E-state index in [4.69, 9.17) is 12.2 Å². The topological polar surface area (TPSA) is 53.3 Å². The fourth-order valence-corrected chi connectivity index (χ4v) is 4.98. The standard InChI is InChI=1S/C26H23FN4OS/c1-16-15-22(17(2)30(16)19-8-6-18(27)7-9-19)25-24(23-5-3-4-14-28-23)29-26(33)31(25)20-10-12-21(32)13-11-20/h3-15,24-25,32H,1-2H3,(H,29,33)/t24-,25-/m0/s1. The average Bonchev–Trinajstić information content (AvgIpc) is 3.31. The monoisotopic (exact) mass is 458 g/mol. The number of nitrogens with zero attached hydrogens (tertiary/aromatic N) is 3. The van der Waals surface area contributed by atoms with Crippen molar-refractivity contribution >= 4 is 23.0 Å². The van der Waals surface area contributed by atoms with Crippen LogP contribution in [0.1, 0.15) is 34.7 Å². The summed E-state index contributed by atoms with van der Waals surface area (Å²) in [7, 11) is 0. The predicted molar refractivity (Wildman–Crippen MR) is 131 cm³/mol. The molecule has 2 aromatic carbocycles. The fourth-order valence-electron chi connectivity index (χ4n) is 4.64. The van der Waals surface area contributed by atoms with Gasteiger partial charge in [-0.15, -0.1) is 0 Å². The van der Waals surface area contributed by atoms with E-state index in [0.29, 0.717) is 5.11 Å². The van der Waals surface area contributed by atoms with Gasteiger partial charge in [-0.3, -0.25) is 4.98 Å². The molecule has 7 heteroatoms. The number of aryl methyl sites for hydroxylation is 1. The first-order valence-electron chi connectivity index (χ1n) is 10.7. The lowest BCUT2D eigenvalue weighted by atomic mass is 9.96. The normalized spacial score (nSPS) is 17.9. The van der Waals surface area contributed by atoms with Crippen molar-refractivity contribution < 1.29 is 9.50 Å². The van der Waals surface area contributed by atoms with Gasteiger partial charge in [0.05, 0.1) is 17.8 Å². The van der Waals surface area contributed by atoms with Gasteiger partial charge in [-0.1, -0.05) is 6.07 Å². The summed E-state index contributed by atoms with van der Waals surface area (Å²) < 4.78 is 15.7. The zero-order valence-corrected chi connectivity index (χ0v) is 19.1. The molecule has 33 heavy (non-hydrogen) atoms. The number of nitrogens with one attached hydrogen (secondary N) is 1. The van der Waals surface area contributed by atoms with Gasteiger partial charge in [-0.25, -0.2) is 4.39 Å². The molecule has 0 amide bonds. The number of halogens is 1. The maximum Gasteiger partial charge on any atom is 0.174 e. The smallest absolute Gasteiger partial charge is 0.174 e. The van der Waals surface area contributed by atoms with Crippen molar-refractivity contribution in [3.63, 3.8) is 0 Å². The average molecular weight is 459 g/mol. The predicted octanol–water partition coefficient (Wildman–Crippen LogP) is 5.51. The highest BCUT2D eigenvalue weighted by molar-refractivity contribution is 7.80. The first-order chi connectivity index (χ1) is 15.9. The van der Waals surface area contributed by atoms with Crippen molar-refractivity contribution in [3.05, 3.63) is 107 Å². The Hall–Kier alpha value is -3.71. The summed E-state index contributed by atoms with van der Waals surface area (Å²) in [6, 6.07) is 21.2. The number of rotatable bonds is 4. The van der Waals surface area contributed by atoms with Gasteiger partial charge >= 0.3 is 0 Å². The molecule has 0 saturated carbocycles. The quantitative estimate of drug-likeness (QED) is 0.395. The Morgan fingerprint density at radius 1 is 0.970 bits per heavy atom. The van der Waals surface area contributed by atoms with Crippen molar-refractivity contribution in [1.82, 2.24) is 14.9 Å². The van der Waals surface area contributed by atoms with Crippen molar-refractivity contribution in [2.75, 3.05) is 4.90 Å². The Labute approximate surface area is 197 Å². The maximum absolute atomic E-state index is 13.5. The minimum atomic E-state index is -0.263. The van der Waals surface area contributed by atoms with Crippen LogP contribution in [0.5, 0.6) is 5.75 Å². The van der Waals surface area contributed by atoms with Crippen LogP contribution in [0, 0.1) is 19.7 Å². The van der Waals surface area contributed by atoms with Crippen LogP contribution in [0.25, 0.3) is 5.69 Å². The molecule has 4 aromatic rings. The molecule has 1 saturated heterocycles. The lowest BCUT2D eigenvalue weighted by molar-refractivity contribution is 0.475. The molecule has 0 bridgehead atoms.